The van der Waals surface area contributed by atoms with E-state index in [0.717, 1.165) is 10.5 Å². The number of fused-ring (bicyclic) bond motifs is 2. The van der Waals surface area contributed by atoms with Gasteiger partial charge in [0.2, 0.25) is 5.76 Å². The number of ether oxygens (including phenoxy) is 1. The summed E-state index contributed by atoms with van der Waals surface area (Å²) >= 11 is 1.65. The number of amides is 1. The van der Waals surface area contributed by atoms with Gasteiger partial charge < -0.3 is 14.1 Å². The van der Waals surface area contributed by atoms with E-state index < -0.39 is 6.04 Å². The highest BCUT2D eigenvalue weighted by atomic mass is 32.2. The molecule has 0 N–H and O–H groups in total. The summed E-state index contributed by atoms with van der Waals surface area (Å²) in [4.78, 5) is 29.5. The maximum absolute atomic E-state index is 13.4. The van der Waals surface area contributed by atoms with Gasteiger partial charge in [0, 0.05) is 18.0 Å². The summed E-state index contributed by atoms with van der Waals surface area (Å²) in [6, 6.07) is 14.7. The van der Waals surface area contributed by atoms with Gasteiger partial charge in [-0.2, -0.15) is 0 Å². The average Bonchev–Trinajstić information content (AvgIpc) is 3.03. The van der Waals surface area contributed by atoms with Gasteiger partial charge in [-0.3, -0.25) is 9.59 Å². The Balaban J connectivity index is 1.78. The van der Waals surface area contributed by atoms with Crippen LogP contribution in [0.4, 0.5) is 0 Å². The van der Waals surface area contributed by atoms with Crippen LogP contribution in [0.2, 0.25) is 0 Å². The smallest absolute Gasteiger partial charge is 0.290 e. The topological polar surface area (TPSA) is 59.8 Å². The molecule has 1 aromatic heterocycles. The number of hydrogen-bond donors (Lipinski definition) is 0. The van der Waals surface area contributed by atoms with E-state index in [1.165, 1.54) is 0 Å². The number of benzene rings is 2. The molecular formula is C24H25NO4S. The number of carbonyl (C=O) groups is 1. The van der Waals surface area contributed by atoms with Crippen LogP contribution in [0, 0.1) is 0 Å². The van der Waals surface area contributed by atoms with Gasteiger partial charge in [-0.15, -0.1) is 11.8 Å². The van der Waals surface area contributed by atoms with Crippen molar-refractivity contribution in [1.29, 1.82) is 0 Å². The van der Waals surface area contributed by atoms with Crippen LogP contribution in [0.3, 0.4) is 0 Å². The fraction of sp³-hybridized carbons (Fsp3) is 0.333. The molecule has 0 unspecified atom stereocenters. The van der Waals surface area contributed by atoms with Crippen LogP contribution >= 0.6 is 11.8 Å². The van der Waals surface area contributed by atoms with Crippen LogP contribution in [0.15, 0.2) is 62.6 Å². The molecule has 0 radical (unpaired) electrons. The van der Waals surface area contributed by atoms with Gasteiger partial charge >= 0.3 is 0 Å². The number of para-hydroxylation sites is 1. The van der Waals surface area contributed by atoms with Crippen molar-refractivity contribution < 1.29 is 13.9 Å². The molecular weight excluding hydrogens is 398 g/mol. The highest BCUT2D eigenvalue weighted by molar-refractivity contribution is 7.98. The van der Waals surface area contributed by atoms with E-state index in [1.807, 2.05) is 50.4 Å². The van der Waals surface area contributed by atoms with Crippen LogP contribution in [-0.2, 0) is 4.74 Å². The zero-order valence-electron chi connectivity index (χ0n) is 17.4. The summed E-state index contributed by atoms with van der Waals surface area (Å²) in [5, 5.41) is 0.500. The lowest BCUT2D eigenvalue weighted by atomic mass is 9.98. The zero-order valence-corrected chi connectivity index (χ0v) is 18.2. The minimum atomic E-state index is -0.455. The average molecular weight is 424 g/mol. The fourth-order valence-electron chi connectivity index (χ4n) is 3.88. The van der Waals surface area contributed by atoms with E-state index in [4.69, 9.17) is 9.15 Å². The lowest BCUT2D eigenvalue weighted by Gasteiger charge is -2.25. The van der Waals surface area contributed by atoms with Gasteiger partial charge in [-0.25, -0.2) is 0 Å². The summed E-state index contributed by atoms with van der Waals surface area (Å²) < 4.78 is 11.6. The number of thioether (sulfide) groups is 1. The molecule has 1 atom stereocenters. The fourth-order valence-corrected chi connectivity index (χ4v) is 4.29. The molecule has 0 fully saturated rings. The molecule has 2 aromatic carbocycles. The quantitative estimate of drug-likeness (QED) is 0.401. The van der Waals surface area contributed by atoms with Crippen LogP contribution in [0.25, 0.3) is 11.0 Å². The SMILES string of the molecule is CSc1ccc([C@@H]2c3c(oc4ccccc4c3=O)C(=O)N2CCCOC(C)C)cc1. The van der Waals surface area contributed by atoms with Gasteiger partial charge in [0.15, 0.2) is 5.43 Å². The normalized spacial score (nSPS) is 15.9. The molecule has 1 aliphatic heterocycles. The van der Waals surface area contributed by atoms with E-state index in [-0.39, 0.29) is 23.2 Å². The zero-order chi connectivity index (χ0) is 21.3. The van der Waals surface area contributed by atoms with Crippen molar-refractivity contribution in [3.8, 4) is 0 Å². The first-order valence-corrected chi connectivity index (χ1v) is 11.4. The molecule has 2 heterocycles. The monoisotopic (exact) mass is 423 g/mol. The van der Waals surface area contributed by atoms with Crippen LogP contribution in [0.5, 0.6) is 0 Å². The minimum absolute atomic E-state index is 0.139. The maximum Gasteiger partial charge on any atom is 0.290 e. The van der Waals surface area contributed by atoms with E-state index in [0.29, 0.717) is 36.1 Å². The second-order valence-electron chi connectivity index (χ2n) is 7.62. The van der Waals surface area contributed by atoms with Crippen LogP contribution < -0.4 is 5.43 Å². The molecule has 0 saturated heterocycles. The Bertz CT molecular complexity index is 1120. The van der Waals surface area contributed by atoms with Crippen molar-refractivity contribution in [1.82, 2.24) is 4.90 Å². The van der Waals surface area contributed by atoms with Crippen molar-refractivity contribution in [3.63, 3.8) is 0 Å². The number of carbonyl (C=O) groups excluding carboxylic acids is 1. The van der Waals surface area contributed by atoms with Crippen molar-refractivity contribution >= 4 is 28.6 Å². The Morgan fingerprint density at radius 1 is 1.10 bits per heavy atom. The van der Waals surface area contributed by atoms with Crippen molar-refractivity contribution in [2.75, 3.05) is 19.4 Å². The van der Waals surface area contributed by atoms with Gasteiger partial charge in [-0.1, -0.05) is 24.3 Å². The lowest BCUT2D eigenvalue weighted by molar-refractivity contribution is 0.0593. The molecule has 0 spiro atoms. The molecule has 0 bridgehead atoms. The first-order chi connectivity index (χ1) is 14.5. The third kappa shape index (κ3) is 3.77. The highest BCUT2D eigenvalue weighted by Crippen LogP contribution is 2.38. The summed E-state index contributed by atoms with van der Waals surface area (Å²) in [5.41, 5.74) is 1.64. The standard InChI is InChI=1S/C24H25NO4S/c1-15(2)28-14-6-13-25-21(16-9-11-17(30-3)12-10-16)20-22(26)18-7-4-5-8-19(18)29-23(20)24(25)27/h4-5,7-12,15,21H,6,13-14H2,1-3H3/t21-/m1/s1. The summed E-state index contributed by atoms with van der Waals surface area (Å²) in [7, 11) is 0. The molecule has 3 aromatic rings. The second kappa shape index (κ2) is 8.66. The van der Waals surface area contributed by atoms with Gasteiger partial charge in [-0.05, 0) is 56.4 Å². The Hall–Kier alpha value is -2.57. The second-order valence-corrected chi connectivity index (χ2v) is 8.50. The van der Waals surface area contributed by atoms with Gasteiger partial charge in [0.1, 0.15) is 5.58 Å². The molecule has 6 heteroatoms. The minimum Gasteiger partial charge on any atom is -0.450 e. The van der Waals surface area contributed by atoms with E-state index >= 15 is 0 Å². The van der Waals surface area contributed by atoms with Crippen molar-refractivity contribution in [3.05, 3.63) is 75.6 Å². The van der Waals surface area contributed by atoms with Gasteiger partial charge in [0.05, 0.1) is 23.1 Å². The Morgan fingerprint density at radius 3 is 2.53 bits per heavy atom. The molecule has 0 aliphatic carbocycles. The first kappa shape index (κ1) is 20.7. The molecule has 1 aliphatic rings. The predicted molar refractivity (Wildman–Crippen MR) is 119 cm³/mol. The van der Waals surface area contributed by atoms with Crippen molar-refractivity contribution in [2.45, 2.75) is 37.3 Å². The molecule has 0 saturated carbocycles. The summed E-state index contributed by atoms with van der Waals surface area (Å²) in [6.07, 6.45) is 2.84. The molecule has 5 nitrogen and oxygen atoms in total. The third-order valence-electron chi connectivity index (χ3n) is 5.30. The number of nitrogens with zero attached hydrogens (tertiary/aromatic N) is 1. The Kier molecular flexibility index (Phi) is 5.97. The maximum atomic E-state index is 13.4. The van der Waals surface area contributed by atoms with Crippen LogP contribution in [-0.4, -0.2) is 36.3 Å². The third-order valence-corrected chi connectivity index (χ3v) is 6.04. The largest absolute Gasteiger partial charge is 0.450 e. The predicted octanol–water partition coefficient (Wildman–Crippen LogP) is 4.88. The van der Waals surface area contributed by atoms with Crippen LogP contribution in [0.1, 0.15) is 48.0 Å². The molecule has 30 heavy (non-hydrogen) atoms. The molecule has 156 valence electrons. The Labute approximate surface area is 180 Å². The van der Waals surface area contributed by atoms with E-state index in [1.54, 1.807) is 34.9 Å². The molecule has 4 rings (SSSR count). The highest BCUT2D eigenvalue weighted by Gasteiger charge is 2.42. The number of rotatable bonds is 7. The first-order valence-electron chi connectivity index (χ1n) is 10.1. The molecule has 1 amide bonds. The van der Waals surface area contributed by atoms with E-state index in [9.17, 15) is 9.59 Å². The lowest BCUT2D eigenvalue weighted by Crippen LogP contribution is -2.31. The number of hydrogen-bond acceptors (Lipinski definition) is 5. The van der Waals surface area contributed by atoms with Crippen molar-refractivity contribution in [2.24, 2.45) is 0 Å². The van der Waals surface area contributed by atoms with Gasteiger partial charge in [0.25, 0.3) is 5.91 Å². The summed E-state index contributed by atoms with van der Waals surface area (Å²) in [5.74, 6) is -0.0845. The van der Waals surface area contributed by atoms with E-state index in [2.05, 4.69) is 0 Å². The summed E-state index contributed by atoms with van der Waals surface area (Å²) in [6.45, 7) is 5.02. The Morgan fingerprint density at radius 2 is 1.83 bits per heavy atom.